The Morgan fingerprint density at radius 2 is 1.89 bits per heavy atom. The predicted octanol–water partition coefficient (Wildman–Crippen LogP) is 2.31. The maximum absolute atomic E-state index is 12.4. The lowest BCUT2D eigenvalue weighted by atomic mass is 10.1. The highest BCUT2D eigenvalue weighted by Crippen LogP contribution is 2.48. The zero-order chi connectivity index (χ0) is 14.2. The summed E-state index contributed by atoms with van der Waals surface area (Å²) in [6, 6.07) is 7.88. The van der Waals surface area contributed by atoms with Crippen molar-refractivity contribution >= 4 is 17.8 Å². The minimum Gasteiger partial charge on any atom is -0.597 e. The summed E-state index contributed by atoms with van der Waals surface area (Å²) in [5.41, 5.74) is 2.19. The minimum absolute atomic E-state index is 0.106. The second-order valence-corrected chi connectivity index (χ2v) is 7.84. The molecule has 0 aromatic heterocycles. The monoisotopic (exact) mass is 281 g/mol. The Bertz CT molecular complexity index is 455. The first-order valence-corrected chi connectivity index (χ1v) is 7.33. The smallest absolute Gasteiger partial charge is 0.294 e. The van der Waals surface area contributed by atoms with Crippen LogP contribution in [0.15, 0.2) is 24.3 Å². The average molecular weight is 281 g/mol. The molecule has 104 valence electrons. The Kier molecular flexibility index (Phi) is 3.90. The van der Waals surface area contributed by atoms with Gasteiger partial charge in [0.05, 0.1) is 11.4 Å². The summed E-state index contributed by atoms with van der Waals surface area (Å²) >= 11 is -1.20. The van der Waals surface area contributed by atoms with Gasteiger partial charge in [0.1, 0.15) is 10.8 Å². The Hall–Kier alpha value is -1.04. The second kappa shape index (κ2) is 5.15. The molecule has 1 fully saturated rings. The molecule has 0 spiro atoms. The summed E-state index contributed by atoms with van der Waals surface area (Å²) in [5.74, 6) is 0. The number of carbonyl (C=O) groups excluding carboxylic acids is 1. The molecule has 0 aliphatic carbocycles. The molecule has 0 amide bonds. The Balaban J connectivity index is 2.19. The Morgan fingerprint density at radius 1 is 1.32 bits per heavy atom. The van der Waals surface area contributed by atoms with Crippen LogP contribution in [0.2, 0.25) is 0 Å². The molecule has 1 aliphatic rings. The maximum atomic E-state index is 12.4. The normalized spacial score (nSPS) is 27.7. The van der Waals surface area contributed by atoms with Crippen molar-refractivity contribution in [2.24, 2.45) is 0 Å². The van der Waals surface area contributed by atoms with E-state index in [1.165, 1.54) is 5.56 Å². The lowest BCUT2D eigenvalue weighted by Gasteiger charge is -2.24. The molecule has 1 saturated heterocycles. The van der Waals surface area contributed by atoms with Crippen LogP contribution >= 0.6 is 0 Å². The number of ether oxygens (including phenoxy) is 1. The number of rotatable bonds is 4. The highest BCUT2D eigenvalue weighted by atomic mass is 32.2. The molecule has 5 heteroatoms. The van der Waals surface area contributed by atoms with E-state index in [2.05, 4.69) is 0 Å². The van der Waals surface area contributed by atoms with E-state index in [-0.39, 0.29) is 10.8 Å². The van der Waals surface area contributed by atoms with Gasteiger partial charge in [-0.25, -0.2) is 0 Å². The van der Waals surface area contributed by atoms with E-state index in [4.69, 9.17) is 4.74 Å². The molecule has 4 nitrogen and oxygen atoms in total. The van der Waals surface area contributed by atoms with E-state index >= 15 is 0 Å². The standard InChI is InChI=1S/C14H19NO3S/c1-10-5-7-11(8-6-10)12-13(18-9-16)15(12)19(17)14(2,3)4/h5-9,12-13H,1-4H3/t12-,13+,15?,19-/m0/s1. The van der Waals surface area contributed by atoms with Crippen LogP contribution in [-0.4, -0.2) is 26.3 Å². The van der Waals surface area contributed by atoms with Crippen molar-refractivity contribution in [2.45, 2.75) is 44.7 Å². The topological polar surface area (TPSA) is 52.4 Å². The van der Waals surface area contributed by atoms with E-state index in [0.29, 0.717) is 6.47 Å². The molecule has 19 heavy (non-hydrogen) atoms. The van der Waals surface area contributed by atoms with Crippen molar-refractivity contribution in [3.63, 3.8) is 0 Å². The van der Waals surface area contributed by atoms with Gasteiger partial charge in [-0.1, -0.05) is 34.1 Å². The van der Waals surface area contributed by atoms with Gasteiger partial charge >= 0.3 is 0 Å². The largest absolute Gasteiger partial charge is 0.597 e. The quantitative estimate of drug-likeness (QED) is 0.483. The molecule has 0 radical (unpaired) electrons. The van der Waals surface area contributed by atoms with Crippen LogP contribution in [0.25, 0.3) is 0 Å². The molecule has 1 aromatic carbocycles. The third kappa shape index (κ3) is 2.94. The van der Waals surface area contributed by atoms with Gasteiger partial charge in [-0.15, -0.1) is 0 Å². The average Bonchev–Trinajstić information content (AvgIpc) is 3.02. The molecular formula is C14H19NO3S. The van der Waals surface area contributed by atoms with Crippen LogP contribution in [0.4, 0.5) is 0 Å². The minimum atomic E-state index is -1.20. The zero-order valence-electron chi connectivity index (χ0n) is 11.6. The fourth-order valence-corrected chi connectivity index (χ4v) is 3.34. The van der Waals surface area contributed by atoms with Crippen molar-refractivity contribution < 1.29 is 14.1 Å². The van der Waals surface area contributed by atoms with E-state index in [9.17, 15) is 9.35 Å². The Morgan fingerprint density at radius 3 is 2.37 bits per heavy atom. The van der Waals surface area contributed by atoms with Gasteiger partial charge in [0.15, 0.2) is 0 Å². The van der Waals surface area contributed by atoms with Crippen LogP contribution in [0.3, 0.4) is 0 Å². The molecular weight excluding hydrogens is 262 g/mol. The van der Waals surface area contributed by atoms with Gasteiger partial charge in [-0.05, 0) is 33.3 Å². The number of hydrogen-bond acceptors (Lipinski definition) is 4. The van der Waals surface area contributed by atoms with Gasteiger partial charge in [0.25, 0.3) is 6.47 Å². The van der Waals surface area contributed by atoms with Crippen molar-refractivity contribution in [1.29, 1.82) is 0 Å². The van der Waals surface area contributed by atoms with Gasteiger partial charge in [0, 0.05) is 0 Å². The Labute approximate surface area is 117 Å². The first kappa shape index (κ1) is 14.4. The molecule has 1 aliphatic heterocycles. The summed E-state index contributed by atoms with van der Waals surface area (Å²) < 4.78 is 18.8. The summed E-state index contributed by atoms with van der Waals surface area (Å²) in [6.45, 7) is 8.16. The molecule has 2 rings (SSSR count). The van der Waals surface area contributed by atoms with Crippen molar-refractivity contribution in [1.82, 2.24) is 4.31 Å². The van der Waals surface area contributed by atoms with Gasteiger partial charge in [-0.3, -0.25) is 4.79 Å². The summed E-state index contributed by atoms with van der Waals surface area (Å²) in [6.07, 6.45) is -0.416. The molecule has 0 saturated carbocycles. The maximum Gasteiger partial charge on any atom is 0.294 e. The second-order valence-electron chi connectivity index (χ2n) is 5.70. The lowest BCUT2D eigenvalue weighted by Crippen LogP contribution is -2.34. The van der Waals surface area contributed by atoms with Crippen molar-refractivity contribution in [3.05, 3.63) is 35.4 Å². The van der Waals surface area contributed by atoms with E-state index in [1.807, 2.05) is 52.0 Å². The van der Waals surface area contributed by atoms with Crippen molar-refractivity contribution in [2.75, 3.05) is 0 Å². The number of nitrogens with zero attached hydrogens (tertiary/aromatic N) is 1. The molecule has 4 atom stereocenters. The van der Waals surface area contributed by atoms with Crippen LogP contribution in [0.1, 0.15) is 37.9 Å². The fraction of sp³-hybridized carbons (Fsp3) is 0.500. The van der Waals surface area contributed by atoms with Crippen LogP contribution in [0, 0.1) is 6.92 Å². The highest BCUT2D eigenvalue weighted by Gasteiger charge is 2.62. The third-order valence-electron chi connectivity index (χ3n) is 3.03. The van der Waals surface area contributed by atoms with E-state index in [1.54, 1.807) is 4.31 Å². The first-order valence-electron chi connectivity index (χ1n) is 6.22. The SMILES string of the molecule is Cc1ccc([C@H]2[C@@H](OC=O)N2[S@@+]([O-])C(C)(C)C)cc1. The van der Waals surface area contributed by atoms with Crippen molar-refractivity contribution in [3.8, 4) is 0 Å². The van der Waals surface area contributed by atoms with E-state index in [0.717, 1.165) is 5.56 Å². The van der Waals surface area contributed by atoms with Crippen LogP contribution in [0.5, 0.6) is 0 Å². The third-order valence-corrected chi connectivity index (χ3v) is 4.90. The highest BCUT2D eigenvalue weighted by molar-refractivity contribution is 7.90. The first-order chi connectivity index (χ1) is 8.86. The molecule has 0 bridgehead atoms. The summed E-state index contributed by atoms with van der Waals surface area (Å²) in [4.78, 5) is 10.6. The predicted molar refractivity (Wildman–Crippen MR) is 74.6 cm³/mol. The van der Waals surface area contributed by atoms with Gasteiger partial charge in [0.2, 0.25) is 6.23 Å². The molecule has 1 aromatic rings. The molecule has 0 N–H and O–H groups in total. The molecule has 1 heterocycles. The molecule has 1 unspecified atom stereocenters. The van der Waals surface area contributed by atoms with Gasteiger partial charge in [-0.2, -0.15) is 0 Å². The lowest BCUT2D eigenvalue weighted by molar-refractivity contribution is -0.130. The number of hydrogen-bond donors (Lipinski definition) is 0. The zero-order valence-corrected chi connectivity index (χ0v) is 12.4. The van der Waals surface area contributed by atoms with Gasteiger partial charge < -0.3 is 9.29 Å². The van der Waals surface area contributed by atoms with E-state index < -0.39 is 17.6 Å². The fourth-order valence-electron chi connectivity index (χ4n) is 1.97. The number of carbonyl (C=O) groups is 1. The number of aryl methyl sites for hydroxylation is 1. The van der Waals surface area contributed by atoms with Crippen LogP contribution in [-0.2, 0) is 20.9 Å². The summed E-state index contributed by atoms with van der Waals surface area (Å²) in [7, 11) is 0. The van der Waals surface area contributed by atoms with Crippen LogP contribution < -0.4 is 0 Å². The summed E-state index contributed by atoms with van der Waals surface area (Å²) in [5, 5.41) is 0. The number of benzene rings is 1.